The fourth-order valence-electron chi connectivity index (χ4n) is 1.59. The lowest BCUT2D eigenvalue weighted by atomic mass is 10.1. The Morgan fingerprint density at radius 1 is 1.38 bits per heavy atom. The molecule has 0 aromatic heterocycles. The third kappa shape index (κ3) is 4.64. The zero-order valence-corrected chi connectivity index (χ0v) is 10.5. The van der Waals surface area contributed by atoms with E-state index >= 15 is 0 Å². The van der Waals surface area contributed by atoms with E-state index < -0.39 is 0 Å². The van der Waals surface area contributed by atoms with E-state index in [4.69, 9.17) is 0 Å². The highest BCUT2D eigenvalue weighted by molar-refractivity contribution is 5.84. The van der Waals surface area contributed by atoms with Gasteiger partial charge in [0.05, 0.1) is 6.54 Å². The van der Waals surface area contributed by atoms with Crippen molar-refractivity contribution in [2.24, 2.45) is 5.92 Å². The van der Waals surface area contributed by atoms with Crippen LogP contribution < -0.4 is 5.32 Å². The Labute approximate surface area is 97.4 Å². The van der Waals surface area contributed by atoms with Crippen LogP contribution in [0.4, 0.5) is 0 Å². The van der Waals surface area contributed by atoms with Gasteiger partial charge in [-0.3, -0.25) is 9.59 Å². The van der Waals surface area contributed by atoms with E-state index in [9.17, 15) is 9.59 Å². The first-order chi connectivity index (χ1) is 7.50. The summed E-state index contributed by atoms with van der Waals surface area (Å²) in [5.74, 6) is 0.553. The van der Waals surface area contributed by atoms with Gasteiger partial charge < -0.3 is 10.2 Å². The van der Waals surface area contributed by atoms with Crippen LogP contribution in [0.2, 0.25) is 0 Å². The normalized spacial score (nSPS) is 15.0. The van der Waals surface area contributed by atoms with E-state index in [2.05, 4.69) is 19.2 Å². The quantitative estimate of drug-likeness (QED) is 0.739. The molecule has 4 nitrogen and oxygen atoms in total. The molecule has 2 amide bonds. The van der Waals surface area contributed by atoms with Crippen LogP contribution in [0, 0.1) is 5.92 Å². The minimum atomic E-state index is -0.0391. The van der Waals surface area contributed by atoms with Crippen molar-refractivity contribution in [3.63, 3.8) is 0 Å². The largest absolute Gasteiger partial charge is 0.355 e. The van der Waals surface area contributed by atoms with Gasteiger partial charge in [-0.2, -0.15) is 0 Å². The van der Waals surface area contributed by atoms with E-state index in [0.29, 0.717) is 18.5 Å². The molecule has 0 aromatic rings. The monoisotopic (exact) mass is 226 g/mol. The average molecular weight is 226 g/mol. The topological polar surface area (TPSA) is 49.4 Å². The molecule has 0 spiro atoms. The number of amides is 2. The van der Waals surface area contributed by atoms with Crippen molar-refractivity contribution in [3.8, 4) is 0 Å². The smallest absolute Gasteiger partial charge is 0.239 e. The molecule has 1 fully saturated rings. The van der Waals surface area contributed by atoms with Gasteiger partial charge in [0.2, 0.25) is 11.8 Å². The van der Waals surface area contributed by atoms with Crippen molar-refractivity contribution in [1.82, 2.24) is 10.2 Å². The fourth-order valence-corrected chi connectivity index (χ4v) is 1.59. The first kappa shape index (κ1) is 13.0. The highest BCUT2D eigenvalue weighted by atomic mass is 16.2. The molecular weight excluding hydrogens is 204 g/mol. The van der Waals surface area contributed by atoms with Gasteiger partial charge in [0.25, 0.3) is 0 Å². The molecule has 0 aliphatic heterocycles. The summed E-state index contributed by atoms with van der Waals surface area (Å²) in [6.45, 7) is 6.70. The van der Waals surface area contributed by atoms with Crippen LogP contribution in [-0.2, 0) is 9.59 Å². The van der Waals surface area contributed by atoms with Gasteiger partial charge in [-0.1, -0.05) is 13.8 Å². The van der Waals surface area contributed by atoms with E-state index in [-0.39, 0.29) is 18.4 Å². The molecule has 0 heterocycles. The van der Waals surface area contributed by atoms with Crippen LogP contribution >= 0.6 is 0 Å². The number of hydrogen-bond acceptors (Lipinski definition) is 2. The van der Waals surface area contributed by atoms with Crippen LogP contribution in [-0.4, -0.2) is 35.8 Å². The van der Waals surface area contributed by atoms with Gasteiger partial charge in [-0.25, -0.2) is 0 Å². The zero-order valence-electron chi connectivity index (χ0n) is 10.5. The van der Waals surface area contributed by atoms with Gasteiger partial charge >= 0.3 is 0 Å². The van der Waals surface area contributed by atoms with Gasteiger partial charge in [0.1, 0.15) is 0 Å². The number of nitrogens with zero attached hydrogens (tertiary/aromatic N) is 1. The maximum Gasteiger partial charge on any atom is 0.239 e. The predicted molar refractivity (Wildman–Crippen MR) is 62.9 cm³/mol. The van der Waals surface area contributed by atoms with Crippen molar-refractivity contribution in [1.29, 1.82) is 0 Å². The van der Waals surface area contributed by atoms with Crippen LogP contribution in [0.15, 0.2) is 0 Å². The summed E-state index contributed by atoms with van der Waals surface area (Å²) in [6.07, 6.45) is 3.06. The molecule has 0 aromatic carbocycles. The summed E-state index contributed by atoms with van der Waals surface area (Å²) < 4.78 is 0. The highest BCUT2D eigenvalue weighted by Crippen LogP contribution is 2.26. The Morgan fingerprint density at radius 2 is 2.00 bits per heavy atom. The zero-order chi connectivity index (χ0) is 12.1. The molecule has 1 N–H and O–H groups in total. The molecule has 16 heavy (non-hydrogen) atoms. The second kappa shape index (κ2) is 5.87. The van der Waals surface area contributed by atoms with Crippen LogP contribution in [0.1, 0.15) is 40.0 Å². The van der Waals surface area contributed by atoms with Crippen molar-refractivity contribution in [2.75, 3.05) is 13.1 Å². The van der Waals surface area contributed by atoms with Crippen LogP contribution in [0.25, 0.3) is 0 Å². The molecule has 0 radical (unpaired) electrons. The van der Waals surface area contributed by atoms with E-state index in [1.807, 2.05) is 0 Å². The predicted octanol–water partition coefficient (Wildman–Crippen LogP) is 1.16. The summed E-state index contributed by atoms with van der Waals surface area (Å²) in [5, 5.41) is 2.85. The number of nitrogens with one attached hydrogen (secondary N) is 1. The molecule has 92 valence electrons. The standard InChI is InChI=1S/C12H22N2O2/c1-9(2)6-7-13-12(16)8-14(10(3)15)11-4-5-11/h9,11H,4-8H2,1-3H3,(H,13,16). The van der Waals surface area contributed by atoms with Crippen LogP contribution in [0.3, 0.4) is 0 Å². The van der Waals surface area contributed by atoms with Gasteiger partial charge in [-0.05, 0) is 25.2 Å². The molecular formula is C12H22N2O2. The number of carbonyl (C=O) groups excluding carboxylic acids is 2. The van der Waals surface area contributed by atoms with Crippen molar-refractivity contribution in [2.45, 2.75) is 46.1 Å². The molecule has 0 saturated heterocycles. The minimum Gasteiger partial charge on any atom is -0.355 e. The second-order valence-electron chi connectivity index (χ2n) is 4.91. The SMILES string of the molecule is CC(=O)N(CC(=O)NCCC(C)C)C1CC1. The lowest BCUT2D eigenvalue weighted by Crippen LogP contribution is -2.41. The lowest BCUT2D eigenvalue weighted by molar-refractivity contribution is -0.134. The third-order valence-electron chi connectivity index (χ3n) is 2.75. The molecule has 0 bridgehead atoms. The average Bonchev–Trinajstić information content (AvgIpc) is 2.96. The molecule has 1 aliphatic rings. The maximum absolute atomic E-state index is 11.6. The second-order valence-corrected chi connectivity index (χ2v) is 4.91. The Morgan fingerprint density at radius 3 is 2.44 bits per heavy atom. The Kier molecular flexibility index (Phi) is 4.77. The van der Waals surface area contributed by atoms with E-state index in [0.717, 1.165) is 19.3 Å². The summed E-state index contributed by atoms with van der Waals surface area (Å²) in [4.78, 5) is 24.5. The summed E-state index contributed by atoms with van der Waals surface area (Å²) >= 11 is 0. The number of hydrogen-bond donors (Lipinski definition) is 1. The molecule has 1 aliphatic carbocycles. The van der Waals surface area contributed by atoms with Gasteiger partial charge in [-0.15, -0.1) is 0 Å². The number of carbonyl (C=O) groups is 2. The molecule has 1 saturated carbocycles. The summed E-state index contributed by atoms with van der Waals surface area (Å²) in [7, 11) is 0. The lowest BCUT2D eigenvalue weighted by Gasteiger charge is -2.19. The maximum atomic E-state index is 11.6. The fraction of sp³-hybridized carbons (Fsp3) is 0.833. The first-order valence-electron chi connectivity index (χ1n) is 6.04. The minimum absolute atomic E-state index is 0.00140. The molecule has 0 atom stereocenters. The Bertz CT molecular complexity index is 260. The van der Waals surface area contributed by atoms with E-state index in [1.165, 1.54) is 6.92 Å². The van der Waals surface area contributed by atoms with Crippen molar-refractivity contribution < 1.29 is 9.59 Å². The molecule has 0 unspecified atom stereocenters. The number of rotatable bonds is 6. The Hall–Kier alpha value is -1.06. The third-order valence-corrected chi connectivity index (χ3v) is 2.75. The Balaban J connectivity index is 2.23. The van der Waals surface area contributed by atoms with Crippen molar-refractivity contribution >= 4 is 11.8 Å². The molecule has 4 heteroatoms. The summed E-state index contributed by atoms with van der Waals surface area (Å²) in [5.41, 5.74) is 0. The first-order valence-corrected chi connectivity index (χ1v) is 6.04. The van der Waals surface area contributed by atoms with E-state index in [1.54, 1.807) is 4.90 Å². The van der Waals surface area contributed by atoms with Gasteiger partial charge in [0.15, 0.2) is 0 Å². The van der Waals surface area contributed by atoms with Crippen molar-refractivity contribution in [3.05, 3.63) is 0 Å². The van der Waals surface area contributed by atoms with Gasteiger partial charge in [0, 0.05) is 19.5 Å². The highest BCUT2D eigenvalue weighted by Gasteiger charge is 2.31. The summed E-state index contributed by atoms with van der Waals surface area (Å²) in [6, 6.07) is 0.313. The molecule has 1 rings (SSSR count). The van der Waals surface area contributed by atoms with Crippen LogP contribution in [0.5, 0.6) is 0 Å².